The Morgan fingerprint density at radius 1 is 1.17 bits per heavy atom. The lowest BCUT2D eigenvalue weighted by Gasteiger charge is -2.25. The lowest BCUT2D eigenvalue weighted by molar-refractivity contribution is -0.908. The van der Waals surface area contributed by atoms with Crippen LogP contribution in [0.3, 0.4) is 0 Å². The van der Waals surface area contributed by atoms with Crippen LogP contribution >= 0.6 is 0 Å². The molecule has 0 aliphatic heterocycles. The minimum absolute atomic E-state index is 0.0136. The van der Waals surface area contributed by atoms with Gasteiger partial charge in [-0.15, -0.1) is 0 Å². The fraction of sp³-hybridized carbons (Fsp3) is 0.333. The molecule has 1 unspecified atom stereocenters. The van der Waals surface area contributed by atoms with Crippen LogP contribution in [0.5, 0.6) is 5.75 Å². The Labute approximate surface area is 179 Å². The summed E-state index contributed by atoms with van der Waals surface area (Å²) >= 11 is 0. The maximum atomic E-state index is 12.8. The first kappa shape index (κ1) is 23.2. The first-order valence-electron chi connectivity index (χ1n) is 10.1. The van der Waals surface area contributed by atoms with Gasteiger partial charge in [-0.25, -0.2) is 0 Å². The molecule has 2 aromatic carbocycles. The normalized spacial score (nSPS) is 12.5. The Balaban J connectivity index is 1.85. The summed E-state index contributed by atoms with van der Waals surface area (Å²) in [7, 11) is 3.64. The van der Waals surface area contributed by atoms with Crippen LogP contribution in [0.25, 0.3) is 0 Å². The zero-order chi connectivity index (χ0) is 22.1. The molecule has 0 fully saturated rings. The molecule has 0 heterocycles. The molecular weight excluding hydrogens is 378 g/mol. The molecule has 6 nitrogen and oxygen atoms in total. The van der Waals surface area contributed by atoms with E-state index in [1.54, 1.807) is 13.1 Å². The number of ether oxygens (including phenoxy) is 1. The molecule has 0 saturated carbocycles. The van der Waals surface area contributed by atoms with Crippen molar-refractivity contribution < 1.29 is 19.2 Å². The number of benzene rings is 2. The van der Waals surface area contributed by atoms with Crippen molar-refractivity contribution in [1.82, 2.24) is 4.90 Å². The average molecular weight is 411 g/mol. The van der Waals surface area contributed by atoms with Gasteiger partial charge >= 0.3 is 0 Å². The third kappa shape index (κ3) is 7.04. The van der Waals surface area contributed by atoms with E-state index < -0.39 is 0 Å². The van der Waals surface area contributed by atoms with Gasteiger partial charge in [0.15, 0.2) is 6.04 Å². The Morgan fingerprint density at radius 2 is 1.80 bits per heavy atom. The summed E-state index contributed by atoms with van der Waals surface area (Å²) in [4.78, 5) is 27.6. The highest BCUT2D eigenvalue weighted by molar-refractivity contribution is 5.94. The summed E-state index contributed by atoms with van der Waals surface area (Å²) in [5, 5.41) is 2.83. The summed E-state index contributed by atoms with van der Waals surface area (Å²) in [5.41, 5.74) is 2.96. The molecule has 0 bridgehead atoms. The van der Waals surface area contributed by atoms with E-state index in [-0.39, 0.29) is 24.4 Å². The highest BCUT2D eigenvalue weighted by Crippen LogP contribution is 2.12. The number of nitrogens with one attached hydrogen (secondary N) is 2. The van der Waals surface area contributed by atoms with E-state index in [1.165, 1.54) is 4.90 Å². The number of carbonyl (C=O) groups is 2. The molecule has 2 amide bonds. The van der Waals surface area contributed by atoms with Crippen LogP contribution < -0.4 is 15.0 Å². The summed E-state index contributed by atoms with van der Waals surface area (Å²) < 4.78 is 5.49. The SMILES string of the molecule is C=CCOc1ccc(C[NH+](C)[C@@H](C)C(=O)N(C)CC(=O)Nc2ccc(C)cc2)cc1. The Kier molecular flexibility index (Phi) is 8.62. The molecule has 2 rings (SSSR count). The van der Waals surface area contributed by atoms with Gasteiger partial charge in [-0.1, -0.05) is 30.4 Å². The van der Waals surface area contributed by atoms with Crippen molar-refractivity contribution in [2.45, 2.75) is 26.4 Å². The first-order valence-corrected chi connectivity index (χ1v) is 10.1. The van der Waals surface area contributed by atoms with Crippen LogP contribution in [-0.2, 0) is 16.1 Å². The zero-order valence-corrected chi connectivity index (χ0v) is 18.3. The van der Waals surface area contributed by atoms with E-state index >= 15 is 0 Å². The molecular formula is C24H32N3O3+. The maximum Gasteiger partial charge on any atom is 0.280 e. The second kappa shape index (κ2) is 11.2. The van der Waals surface area contributed by atoms with E-state index in [4.69, 9.17) is 4.74 Å². The third-order valence-electron chi connectivity index (χ3n) is 4.98. The van der Waals surface area contributed by atoms with Crippen molar-refractivity contribution in [1.29, 1.82) is 0 Å². The molecule has 30 heavy (non-hydrogen) atoms. The van der Waals surface area contributed by atoms with Gasteiger partial charge < -0.3 is 19.9 Å². The summed E-state index contributed by atoms with van der Waals surface area (Å²) in [5.74, 6) is 0.506. The maximum absolute atomic E-state index is 12.8. The van der Waals surface area contributed by atoms with Crippen molar-refractivity contribution in [3.8, 4) is 5.75 Å². The van der Waals surface area contributed by atoms with Crippen LogP contribution in [0, 0.1) is 6.92 Å². The molecule has 0 radical (unpaired) electrons. The zero-order valence-electron chi connectivity index (χ0n) is 18.3. The van der Waals surface area contributed by atoms with E-state index in [0.717, 1.165) is 27.5 Å². The van der Waals surface area contributed by atoms with Gasteiger partial charge in [0.1, 0.15) is 18.9 Å². The minimum atomic E-state index is -0.279. The second-order valence-corrected chi connectivity index (χ2v) is 7.60. The van der Waals surface area contributed by atoms with Crippen molar-refractivity contribution in [2.24, 2.45) is 0 Å². The second-order valence-electron chi connectivity index (χ2n) is 7.60. The van der Waals surface area contributed by atoms with Gasteiger partial charge in [-0.3, -0.25) is 9.59 Å². The van der Waals surface area contributed by atoms with Crippen molar-refractivity contribution in [2.75, 3.05) is 32.6 Å². The molecule has 160 valence electrons. The van der Waals surface area contributed by atoms with Gasteiger partial charge in [0.05, 0.1) is 13.6 Å². The molecule has 0 aliphatic rings. The number of amides is 2. The van der Waals surface area contributed by atoms with Crippen LogP contribution in [0.1, 0.15) is 18.1 Å². The van der Waals surface area contributed by atoms with Gasteiger partial charge in [0.25, 0.3) is 5.91 Å². The monoisotopic (exact) mass is 410 g/mol. The average Bonchev–Trinajstić information content (AvgIpc) is 2.73. The number of rotatable bonds is 10. The number of aryl methyl sites for hydroxylation is 1. The smallest absolute Gasteiger partial charge is 0.280 e. The Hall–Kier alpha value is -3.12. The third-order valence-corrected chi connectivity index (χ3v) is 4.98. The first-order chi connectivity index (χ1) is 14.3. The molecule has 0 spiro atoms. The largest absolute Gasteiger partial charge is 0.490 e. The van der Waals surface area contributed by atoms with E-state index in [0.29, 0.717) is 13.2 Å². The standard InChI is InChI=1S/C24H31N3O3/c1-6-15-30-22-13-9-20(10-14-22)16-26(4)19(3)24(29)27(5)17-23(28)25-21-11-7-18(2)8-12-21/h6-14,19H,1,15-17H2,2-5H3,(H,25,28)/p+1/t19-/m0/s1. The van der Waals surface area contributed by atoms with Gasteiger partial charge in [0, 0.05) is 18.3 Å². The van der Waals surface area contributed by atoms with Gasteiger partial charge in [0.2, 0.25) is 5.91 Å². The van der Waals surface area contributed by atoms with Gasteiger partial charge in [-0.2, -0.15) is 0 Å². The topological polar surface area (TPSA) is 63.1 Å². The number of quaternary nitrogens is 1. The number of nitrogens with zero attached hydrogens (tertiary/aromatic N) is 1. The van der Waals surface area contributed by atoms with E-state index in [9.17, 15) is 9.59 Å². The summed E-state index contributed by atoms with van der Waals surface area (Å²) in [6.07, 6.45) is 1.71. The number of hydrogen-bond acceptors (Lipinski definition) is 3. The predicted octanol–water partition coefficient (Wildman–Crippen LogP) is 2.06. The number of anilines is 1. The summed E-state index contributed by atoms with van der Waals surface area (Å²) in [6, 6.07) is 15.1. The van der Waals surface area contributed by atoms with Gasteiger partial charge in [-0.05, 0) is 50.2 Å². The number of likely N-dealkylation sites (N-methyl/N-ethyl adjacent to an activating group) is 2. The highest BCUT2D eigenvalue weighted by Gasteiger charge is 2.26. The number of carbonyl (C=O) groups excluding carboxylic acids is 2. The van der Waals surface area contributed by atoms with E-state index in [2.05, 4.69) is 11.9 Å². The van der Waals surface area contributed by atoms with Crippen molar-refractivity contribution >= 4 is 17.5 Å². The van der Waals surface area contributed by atoms with Crippen molar-refractivity contribution in [3.05, 3.63) is 72.3 Å². The van der Waals surface area contributed by atoms with Crippen LogP contribution in [0.4, 0.5) is 5.69 Å². The number of hydrogen-bond donors (Lipinski definition) is 2. The lowest BCUT2D eigenvalue weighted by Crippen LogP contribution is -3.12. The lowest BCUT2D eigenvalue weighted by atomic mass is 10.1. The molecule has 2 aromatic rings. The van der Waals surface area contributed by atoms with Crippen LogP contribution in [0.2, 0.25) is 0 Å². The fourth-order valence-corrected chi connectivity index (χ4v) is 3.01. The Bertz CT molecular complexity index is 847. The molecule has 0 aromatic heterocycles. The quantitative estimate of drug-likeness (QED) is 0.590. The minimum Gasteiger partial charge on any atom is -0.490 e. The molecule has 2 N–H and O–H groups in total. The molecule has 0 aliphatic carbocycles. The van der Waals surface area contributed by atoms with Crippen LogP contribution in [-0.4, -0.2) is 50.0 Å². The molecule has 2 atom stereocenters. The Morgan fingerprint density at radius 3 is 2.40 bits per heavy atom. The predicted molar refractivity (Wildman–Crippen MR) is 120 cm³/mol. The molecule has 6 heteroatoms. The highest BCUT2D eigenvalue weighted by atomic mass is 16.5. The van der Waals surface area contributed by atoms with Crippen LogP contribution in [0.15, 0.2) is 61.2 Å². The fourth-order valence-electron chi connectivity index (χ4n) is 3.01. The van der Waals surface area contributed by atoms with Crippen molar-refractivity contribution in [3.63, 3.8) is 0 Å². The van der Waals surface area contributed by atoms with E-state index in [1.807, 2.05) is 69.4 Å². The molecule has 0 saturated heterocycles. The summed E-state index contributed by atoms with van der Waals surface area (Å²) in [6.45, 7) is 8.69.